The van der Waals surface area contributed by atoms with Crippen LogP contribution in [-0.2, 0) is 4.79 Å². The molecule has 0 radical (unpaired) electrons. The number of rotatable bonds is 5. The van der Waals surface area contributed by atoms with E-state index in [9.17, 15) is 9.59 Å². The Morgan fingerprint density at radius 3 is 2.48 bits per heavy atom. The highest BCUT2D eigenvalue weighted by atomic mass is 16.5. The van der Waals surface area contributed by atoms with Gasteiger partial charge in [-0.1, -0.05) is 30.3 Å². The van der Waals surface area contributed by atoms with Crippen LogP contribution in [0.15, 0.2) is 60.2 Å². The normalized spacial score (nSPS) is 18.7. The van der Waals surface area contributed by atoms with E-state index in [4.69, 9.17) is 4.74 Å². The van der Waals surface area contributed by atoms with Crippen LogP contribution < -0.4 is 4.74 Å². The fourth-order valence-electron chi connectivity index (χ4n) is 3.39. The molecular formula is C23H25NO3. The van der Waals surface area contributed by atoms with E-state index < -0.39 is 0 Å². The average molecular weight is 363 g/mol. The molecule has 1 fully saturated rings. The van der Waals surface area contributed by atoms with Crippen LogP contribution in [0.1, 0.15) is 35.2 Å². The van der Waals surface area contributed by atoms with Gasteiger partial charge in [0, 0.05) is 12.5 Å². The Kier molecular flexibility index (Phi) is 6.20. The molecule has 0 saturated heterocycles. The molecule has 2 aromatic rings. The summed E-state index contributed by atoms with van der Waals surface area (Å²) in [4.78, 5) is 26.8. The molecule has 2 aromatic carbocycles. The van der Waals surface area contributed by atoms with Gasteiger partial charge < -0.3 is 9.64 Å². The molecule has 4 nitrogen and oxygen atoms in total. The smallest absolute Gasteiger partial charge is 0.343 e. The molecule has 1 atom stereocenters. The molecule has 4 heteroatoms. The first-order valence-corrected chi connectivity index (χ1v) is 9.30. The fourth-order valence-corrected chi connectivity index (χ4v) is 3.39. The number of Topliss-reactive ketones (excluding diaryl/α,β-unsaturated/α-hetero) is 1. The molecule has 0 bridgehead atoms. The number of benzene rings is 2. The van der Waals surface area contributed by atoms with Crippen molar-refractivity contribution in [1.82, 2.24) is 4.90 Å². The first-order valence-electron chi connectivity index (χ1n) is 9.30. The van der Waals surface area contributed by atoms with Crippen LogP contribution in [-0.4, -0.2) is 37.3 Å². The standard InChI is InChI=1S/C23H25NO3/c1-24(2)16-20-10-6-9-19(22(20)25)15-17-11-13-21(14-12-17)27-23(26)18-7-4-3-5-8-18/h3-5,7-8,11-15,20H,6,9-10,16H2,1-2H3/b19-15-. The van der Waals surface area contributed by atoms with Crippen molar-refractivity contribution < 1.29 is 14.3 Å². The summed E-state index contributed by atoms with van der Waals surface area (Å²) >= 11 is 0. The number of ketones is 1. The second-order valence-electron chi connectivity index (χ2n) is 7.21. The lowest BCUT2D eigenvalue weighted by Gasteiger charge is -2.25. The van der Waals surface area contributed by atoms with Crippen molar-refractivity contribution in [2.24, 2.45) is 5.92 Å². The summed E-state index contributed by atoms with van der Waals surface area (Å²) in [5, 5.41) is 0. The maximum absolute atomic E-state index is 12.7. The van der Waals surface area contributed by atoms with Gasteiger partial charge in [-0.15, -0.1) is 0 Å². The highest BCUT2D eigenvalue weighted by Crippen LogP contribution is 2.27. The molecule has 0 N–H and O–H groups in total. The number of allylic oxidation sites excluding steroid dienone is 1. The van der Waals surface area contributed by atoms with Crippen molar-refractivity contribution in [3.8, 4) is 5.75 Å². The van der Waals surface area contributed by atoms with Gasteiger partial charge in [0.25, 0.3) is 0 Å². The Balaban J connectivity index is 1.67. The van der Waals surface area contributed by atoms with Gasteiger partial charge in [-0.25, -0.2) is 4.79 Å². The minimum absolute atomic E-state index is 0.0890. The number of carbonyl (C=O) groups excluding carboxylic acids is 2. The van der Waals surface area contributed by atoms with Crippen LogP contribution in [0.3, 0.4) is 0 Å². The summed E-state index contributed by atoms with van der Waals surface area (Å²) in [7, 11) is 4.00. The summed E-state index contributed by atoms with van der Waals surface area (Å²) in [6.45, 7) is 0.796. The van der Waals surface area contributed by atoms with Crippen molar-refractivity contribution in [1.29, 1.82) is 0 Å². The molecule has 1 unspecified atom stereocenters. The lowest BCUT2D eigenvalue weighted by Crippen LogP contribution is -2.31. The minimum atomic E-state index is -0.379. The predicted molar refractivity (Wildman–Crippen MR) is 107 cm³/mol. The Labute approximate surface area is 160 Å². The van der Waals surface area contributed by atoms with Gasteiger partial charge in [0.2, 0.25) is 0 Å². The monoisotopic (exact) mass is 363 g/mol. The third-order valence-corrected chi connectivity index (χ3v) is 4.71. The van der Waals surface area contributed by atoms with Crippen LogP contribution in [0.2, 0.25) is 0 Å². The van der Waals surface area contributed by atoms with Crippen molar-refractivity contribution in [3.05, 3.63) is 71.3 Å². The van der Waals surface area contributed by atoms with Crippen LogP contribution in [0.4, 0.5) is 0 Å². The zero-order valence-corrected chi connectivity index (χ0v) is 15.9. The number of ether oxygens (including phenoxy) is 1. The second-order valence-corrected chi connectivity index (χ2v) is 7.21. The molecule has 0 aliphatic heterocycles. The van der Waals surface area contributed by atoms with E-state index in [1.54, 1.807) is 36.4 Å². The molecule has 27 heavy (non-hydrogen) atoms. The molecule has 0 amide bonds. The fraction of sp³-hybridized carbons (Fsp3) is 0.304. The molecular weight excluding hydrogens is 338 g/mol. The van der Waals surface area contributed by atoms with Gasteiger partial charge in [-0.3, -0.25) is 4.79 Å². The first kappa shape index (κ1) is 19.1. The Morgan fingerprint density at radius 1 is 1.11 bits per heavy atom. The molecule has 1 aliphatic carbocycles. The number of esters is 1. The molecule has 0 heterocycles. The van der Waals surface area contributed by atoms with Gasteiger partial charge >= 0.3 is 5.97 Å². The lowest BCUT2D eigenvalue weighted by molar-refractivity contribution is -0.120. The van der Waals surface area contributed by atoms with Crippen molar-refractivity contribution in [2.45, 2.75) is 19.3 Å². The molecule has 3 rings (SSSR count). The van der Waals surface area contributed by atoms with E-state index in [0.29, 0.717) is 11.3 Å². The van der Waals surface area contributed by atoms with Crippen molar-refractivity contribution >= 4 is 17.8 Å². The summed E-state index contributed by atoms with van der Waals surface area (Å²) in [5.74, 6) is 0.461. The van der Waals surface area contributed by atoms with Gasteiger partial charge in [0.15, 0.2) is 5.78 Å². The molecule has 0 aromatic heterocycles. The summed E-state index contributed by atoms with van der Waals surface area (Å²) in [6, 6.07) is 16.2. The quantitative estimate of drug-likeness (QED) is 0.453. The third-order valence-electron chi connectivity index (χ3n) is 4.71. The zero-order chi connectivity index (χ0) is 19.2. The van der Waals surface area contributed by atoms with Crippen LogP contribution >= 0.6 is 0 Å². The summed E-state index contributed by atoms with van der Waals surface area (Å²) < 4.78 is 5.40. The van der Waals surface area contributed by atoms with E-state index in [1.807, 2.05) is 38.4 Å². The topological polar surface area (TPSA) is 46.6 Å². The highest BCUT2D eigenvalue weighted by Gasteiger charge is 2.26. The summed E-state index contributed by atoms with van der Waals surface area (Å²) in [6.07, 6.45) is 4.80. The van der Waals surface area contributed by atoms with E-state index >= 15 is 0 Å². The van der Waals surface area contributed by atoms with E-state index in [-0.39, 0.29) is 17.7 Å². The van der Waals surface area contributed by atoms with Gasteiger partial charge in [0.05, 0.1) is 5.56 Å². The zero-order valence-electron chi connectivity index (χ0n) is 15.9. The van der Waals surface area contributed by atoms with Gasteiger partial charge in [-0.2, -0.15) is 0 Å². The van der Waals surface area contributed by atoms with E-state index in [0.717, 1.165) is 36.9 Å². The Hall–Kier alpha value is -2.72. The van der Waals surface area contributed by atoms with E-state index in [2.05, 4.69) is 4.90 Å². The van der Waals surface area contributed by atoms with Crippen LogP contribution in [0.5, 0.6) is 5.75 Å². The maximum Gasteiger partial charge on any atom is 0.343 e. The minimum Gasteiger partial charge on any atom is -0.423 e. The van der Waals surface area contributed by atoms with Crippen LogP contribution in [0, 0.1) is 5.92 Å². The molecule has 1 saturated carbocycles. The summed E-state index contributed by atoms with van der Waals surface area (Å²) in [5.41, 5.74) is 2.36. The van der Waals surface area contributed by atoms with Crippen molar-refractivity contribution in [2.75, 3.05) is 20.6 Å². The lowest BCUT2D eigenvalue weighted by atomic mass is 9.83. The predicted octanol–water partition coefficient (Wildman–Crippen LogP) is 4.22. The molecule has 0 spiro atoms. The molecule has 140 valence electrons. The Bertz CT molecular complexity index is 822. The van der Waals surface area contributed by atoms with Crippen molar-refractivity contribution in [3.63, 3.8) is 0 Å². The second kappa shape index (κ2) is 8.78. The third kappa shape index (κ3) is 5.14. The molecule has 1 aliphatic rings. The number of hydrogen-bond donors (Lipinski definition) is 0. The first-order chi connectivity index (χ1) is 13.0. The number of nitrogens with zero attached hydrogens (tertiary/aromatic N) is 1. The number of hydrogen-bond acceptors (Lipinski definition) is 4. The highest BCUT2D eigenvalue weighted by molar-refractivity contribution is 6.01. The van der Waals surface area contributed by atoms with Gasteiger partial charge in [0.1, 0.15) is 5.75 Å². The SMILES string of the molecule is CN(C)CC1CCC/C(=C/c2ccc(OC(=O)c3ccccc3)cc2)C1=O. The van der Waals surface area contributed by atoms with Gasteiger partial charge in [-0.05, 0) is 74.8 Å². The maximum atomic E-state index is 12.7. The van der Waals surface area contributed by atoms with Crippen LogP contribution in [0.25, 0.3) is 6.08 Å². The Morgan fingerprint density at radius 2 is 1.81 bits per heavy atom. The largest absolute Gasteiger partial charge is 0.423 e. The van der Waals surface area contributed by atoms with E-state index in [1.165, 1.54) is 0 Å². The number of carbonyl (C=O) groups is 2. The average Bonchev–Trinajstić information content (AvgIpc) is 2.67.